The van der Waals surface area contributed by atoms with Crippen LogP contribution in [0.15, 0.2) is 30.3 Å². The Morgan fingerprint density at radius 1 is 1.46 bits per heavy atom. The summed E-state index contributed by atoms with van der Waals surface area (Å²) in [7, 11) is 0. The highest BCUT2D eigenvalue weighted by Gasteiger charge is 2.27. The Bertz CT molecular complexity index is 618. The lowest BCUT2D eigenvalue weighted by Crippen LogP contribution is -2.42. The van der Waals surface area contributed by atoms with Gasteiger partial charge in [0.2, 0.25) is 11.8 Å². The zero-order valence-corrected chi connectivity index (χ0v) is 14.6. The van der Waals surface area contributed by atoms with Crippen molar-refractivity contribution >= 4 is 29.5 Å². The standard InChI is InChI=1S/C18H23ClN2O3/c1-14-13-20(9-3-11-22)17(23)8-10-21(14)18(24)7-6-15-4-2-5-16(19)12-15/h2,4-7,12,14,22H,3,8-11,13H2,1H3/t14-/m1/s1. The van der Waals surface area contributed by atoms with E-state index >= 15 is 0 Å². The van der Waals surface area contributed by atoms with Crippen molar-refractivity contribution in [2.75, 3.05) is 26.2 Å². The van der Waals surface area contributed by atoms with Crippen LogP contribution in [0.5, 0.6) is 0 Å². The monoisotopic (exact) mass is 350 g/mol. The second-order valence-corrected chi connectivity index (χ2v) is 6.37. The molecule has 0 spiro atoms. The molecule has 0 aliphatic carbocycles. The van der Waals surface area contributed by atoms with Gasteiger partial charge >= 0.3 is 0 Å². The molecule has 0 aromatic heterocycles. The maximum Gasteiger partial charge on any atom is 0.246 e. The van der Waals surface area contributed by atoms with Crippen molar-refractivity contribution < 1.29 is 14.7 Å². The predicted molar refractivity (Wildman–Crippen MR) is 94.6 cm³/mol. The summed E-state index contributed by atoms with van der Waals surface area (Å²) in [4.78, 5) is 28.1. The van der Waals surface area contributed by atoms with Crippen LogP contribution in [0.2, 0.25) is 5.02 Å². The Morgan fingerprint density at radius 2 is 2.25 bits per heavy atom. The average molecular weight is 351 g/mol. The number of carbonyl (C=O) groups is 2. The molecular weight excluding hydrogens is 328 g/mol. The van der Waals surface area contributed by atoms with E-state index in [4.69, 9.17) is 16.7 Å². The van der Waals surface area contributed by atoms with Crippen LogP contribution in [0.3, 0.4) is 0 Å². The number of hydrogen-bond acceptors (Lipinski definition) is 3. The first-order chi connectivity index (χ1) is 11.5. The molecule has 1 saturated heterocycles. The van der Waals surface area contributed by atoms with Crippen LogP contribution < -0.4 is 0 Å². The molecule has 2 amide bonds. The second-order valence-electron chi connectivity index (χ2n) is 5.94. The number of halogens is 1. The van der Waals surface area contributed by atoms with E-state index in [1.807, 2.05) is 19.1 Å². The summed E-state index contributed by atoms with van der Waals surface area (Å²) in [6.45, 7) is 3.43. The molecule has 24 heavy (non-hydrogen) atoms. The van der Waals surface area contributed by atoms with E-state index in [0.29, 0.717) is 37.5 Å². The highest BCUT2D eigenvalue weighted by Crippen LogP contribution is 2.14. The summed E-state index contributed by atoms with van der Waals surface area (Å²) in [5.74, 6) is -0.0799. The first-order valence-electron chi connectivity index (χ1n) is 8.14. The van der Waals surface area contributed by atoms with Gasteiger partial charge in [-0.3, -0.25) is 9.59 Å². The van der Waals surface area contributed by atoms with Gasteiger partial charge in [-0.05, 0) is 37.1 Å². The highest BCUT2D eigenvalue weighted by molar-refractivity contribution is 6.30. The molecule has 6 heteroatoms. The van der Waals surface area contributed by atoms with Crippen LogP contribution in [-0.4, -0.2) is 59.0 Å². The van der Waals surface area contributed by atoms with Crippen LogP contribution in [0.25, 0.3) is 6.08 Å². The van der Waals surface area contributed by atoms with E-state index in [2.05, 4.69) is 0 Å². The molecule has 1 heterocycles. The van der Waals surface area contributed by atoms with E-state index in [9.17, 15) is 9.59 Å². The number of carbonyl (C=O) groups excluding carboxylic acids is 2. The van der Waals surface area contributed by atoms with Crippen molar-refractivity contribution in [2.24, 2.45) is 0 Å². The number of benzene rings is 1. The quantitative estimate of drug-likeness (QED) is 0.828. The van der Waals surface area contributed by atoms with Gasteiger partial charge in [0, 0.05) is 49.8 Å². The van der Waals surface area contributed by atoms with Crippen LogP contribution >= 0.6 is 11.6 Å². The van der Waals surface area contributed by atoms with Gasteiger partial charge in [-0.1, -0.05) is 23.7 Å². The summed E-state index contributed by atoms with van der Waals surface area (Å²) >= 11 is 5.94. The van der Waals surface area contributed by atoms with Gasteiger partial charge in [0.1, 0.15) is 0 Å². The fourth-order valence-electron chi connectivity index (χ4n) is 2.79. The first-order valence-corrected chi connectivity index (χ1v) is 8.52. The predicted octanol–water partition coefficient (Wildman–Crippen LogP) is 2.18. The van der Waals surface area contributed by atoms with Crippen LogP contribution in [0.4, 0.5) is 0 Å². The van der Waals surface area contributed by atoms with Crippen molar-refractivity contribution in [2.45, 2.75) is 25.8 Å². The largest absolute Gasteiger partial charge is 0.396 e. The number of amides is 2. The smallest absolute Gasteiger partial charge is 0.246 e. The summed E-state index contributed by atoms with van der Waals surface area (Å²) in [5.41, 5.74) is 0.860. The highest BCUT2D eigenvalue weighted by atomic mass is 35.5. The molecule has 130 valence electrons. The summed E-state index contributed by atoms with van der Waals surface area (Å²) in [6, 6.07) is 7.22. The molecule has 0 unspecified atom stereocenters. The molecule has 1 aliphatic heterocycles. The van der Waals surface area contributed by atoms with E-state index in [-0.39, 0.29) is 24.5 Å². The Labute approximate surface area is 147 Å². The molecule has 0 radical (unpaired) electrons. The third-order valence-corrected chi connectivity index (χ3v) is 4.31. The lowest BCUT2D eigenvalue weighted by atomic mass is 10.2. The van der Waals surface area contributed by atoms with Crippen molar-refractivity contribution in [3.05, 3.63) is 40.9 Å². The number of aliphatic hydroxyl groups is 1. The molecular formula is C18H23ClN2O3. The summed E-state index contributed by atoms with van der Waals surface area (Å²) in [5, 5.41) is 9.56. The van der Waals surface area contributed by atoms with Crippen molar-refractivity contribution in [1.29, 1.82) is 0 Å². The third-order valence-electron chi connectivity index (χ3n) is 4.07. The molecule has 1 fully saturated rings. The molecule has 1 N–H and O–H groups in total. The van der Waals surface area contributed by atoms with Gasteiger partial charge in [0.05, 0.1) is 0 Å². The van der Waals surface area contributed by atoms with E-state index in [0.717, 1.165) is 5.56 Å². The van der Waals surface area contributed by atoms with Gasteiger partial charge in [-0.25, -0.2) is 0 Å². The van der Waals surface area contributed by atoms with Crippen molar-refractivity contribution in [1.82, 2.24) is 9.80 Å². The molecule has 0 bridgehead atoms. The maximum absolute atomic E-state index is 12.5. The topological polar surface area (TPSA) is 60.9 Å². The molecule has 1 atom stereocenters. The van der Waals surface area contributed by atoms with Crippen molar-refractivity contribution in [3.8, 4) is 0 Å². The lowest BCUT2D eigenvalue weighted by molar-refractivity contribution is -0.130. The summed E-state index contributed by atoms with van der Waals surface area (Å²) < 4.78 is 0. The molecule has 0 saturated carbocycles. The van der Waals surface area contributed by atoms with Crippen molar-refractivity contribution in [3.63, 3.8) is 0 Å². The fraction of sp³-hybridized carbons (Fsp3) is 0.444. The number of hydrogen-bond donors (Lipinski definition) is 1. The lowest BCUT2D eigenvalue weighted by Gasteiger charge is -2.28. The number of aliphatic hydroxyl groups excluding tert-OH is 1. The van der Waals surface area contributed by atoms with E-state index < -0.39 is 0 Å². The maximum atomic E-state index is 12.5. The minimum atomic E-state index is -0.112. The summed E-state index contributed by atoms with van der Waals surface area (Å²) in [6.07, 6.45) is 4.13. The molecule has 1 aliphatic rings. The zero-order valence-electron chi connectivity index (χ0n) is 13.8. The molecule has 2 rings (SSSR count). The Morgan fingerprint density at radius 3 is 2.96 bits per heavy atom. The minimum absolute atomic E-state index is 0.0319. The van der Waals surface area contributed by atoms with Gasteiger partial charge < -0.3 is 14.9 Å². The average Bonchev–Trinajstić information content (AvgIpc) is 2.70. The fourth-order valence-corrected chi connectivity index (χ4v) is 2.99. The third kappa shape index (κ3) is 5.08. The molecule has 1 aromatic carbocycles. The molecule has 5 nitrogen and oxygen atoms in total. The molecule has 1 aromatic rings. The first kappa shape index (κ1) is 18.5. The van der Waals surface area contributed by atoms with Gasteiger partial charge in [-0.15, -0.1) is 0 Å². The Balaban J connectivity index is 2.02. The van der Waals surface area contributed by atoms with Crippen LogP contribution in [0.1, 0.15) is 25.3 Å². The zero-order chi connectivity index (χ0) is 17.5. The SMILES string of the molecule is C[C@@H]1CN(CCCO)C(=O)CCN1C(=O)C=Cc1cccc(Cl)c1. The van der Waals surface area contributed by atoms with Crippen LogP contribution in [-0.2, 0) is 9.59 Å². The normalized spacial score (nSPS) is 19.0. The van der Waals surface area contributed by atoms with E-state index in [1.54, 1.807) is 28.0 Å². The Kier molecular flexibility index (Phi) is 6.82. The van der Waals surface area contributed by atoms with Gasteiger partial charge in [-0.2, -0.15) is 0 Å². The Hall–Kier alpha value is -1.85. The van der Waals surface area contributed by atoms with E-state index in [1.165, 1.54) is 6.08 Å². The van der Waals surface area contributed by atoms with Gasteiger partial charge in [0.25, 0.3) is 0 Å². The minimum Gasteiger partial charge on any atom is -0.396 e. The van der Waals surface area contributed by atoms with Gasteiger partial charge in [0.15, 0.2) is 0 Å². The number of nitrogens with zero attached hydrogens (tertiary/aromatic N) is 2. The number of rotatable bonds is 5. The second kappa shape index (κ2) is 8.85. The van der Waals surface area contributed by atoms with Crippen LogP contribution in [0, 0.1) is 0 Å².